The zero-order valence-electron chi connectivity index (χ0n) is 9.35. The van der Waals surface area contributed by atoms with Gasteiger partial charge in [-0.15, -0.1) is 0 Å². The molecular formula is C13H11F3P2. The number of hydrogen-bond donors (Lipinski definition) is 0. The second-order valence-electron chi connectivity index (χ2n) is 3.62. The maximum absolute atomic E-state index is 12.7. The first-order valence-electron chi connectivity index (χ1n) is 5.31. The molecule has 1 atom stereocenters. The van der Waals surface area contributed by atoms with Gasteiger partial charge in [0.05, 0.1) is 0 Å². The fourth-order valence-electron chi connectivity index (χ4n) is 1.56. The average molecular weight is 286 g/mol. The molecule has 2 aromatic rings. The van der Waals surface area contributed by atoms with E-state index in [0.29, 0.717) is 0 Å². The van der Waals surface area contributed by atoms with Crippen molar-refractivity contribution in [2.45, 2.75) is 5.92 Å². The number of hydrogen-bond acceptors (Lipinski definition) is 0. The molecular weight excluding hydrogens is 275 g/mol. The highest BCUT2D eigenvalue weighted by Crippen LogP contribution is 2.61. The highest BCUT2D eigenvalue weighted by molar-refractivity contribution is 8.28. The van der Waals surface area contributed by atoms with Gasteiger partial charge >= 0.3 is 5.92 Å². The molecule has 0 amide bonds. The van der Waals surface area contributed by atoms with E-state index in [9.17, 15) is 13.2 Å². The van der Waals surface area contributed by atoms with Gasteiger partial charge in [0.15, 0.2) is 0 Å². The zero-order chi connectivity index (χ0) is 13.0. The summed E-state index contributed by atoms with van der Waals surface area (Å²) in [6.45, 7) is 0. The molecule has 0 aliphatic carbocycles. The van der Waals surface area contributed by atoms with Crippen LogP contribution >= 0.6 is 15.9 Å². The van der Waals surface area contributed by atoms with Gasteiger partial charge in [-0.2, -0.15) is 13.2 Å². The normalized spacial score (nSPS) is 12.4. The average Bonchev–Trinajstić information content (AvgIpc) is 2.37. The zero-order valence-corrected chi connectivity index (χ0v) is 11.2. The van der Waals surface area contributed by atoms with Gasteiger partial charge in [-0.25, -0.2) is 0 Å². The van der Waals surface area contributed by atoms with Crippen LogP contribution in [-0.2, 0) is 0 Å². The van der Waals surface area contributed by atoms with Crippen molar-refractivity contribution in [2.24, 2.45) is 0 Å². The smallest absolute Gasteiger partial charge is 0.167 e. The lowest BCUT2D eigenvalue weighted by molar-refractivity contribution is -0.0351. The fraction of sp³-hybridized carbons (Fsp3) is 0.0769. The Bertz CT molecular complexity index is 443. The second-order valence-corrected chi connectivity index (χ2v) is 8.12. The highest BCUT2D eigenvalue weighted by Gasteiger charge is 2.33. The van der Waals surface area contributed by atoms with Crippen molar-refractivity contribution in [3.63, 3.8) is 0 Å². The van der Waals surface area contributed by atoms with Crippen LogP contribution in [0, 0.1) is 0 Å². The van der Waals surface area contributed by atoms with Crippen molar-refractivity contribution >= 4 is 26.5 Å². The maximum atomic E-state index is 12.7. The Balaban J connectivity index is 2.36. The van der Waals surface area contributed by atoms with E-state index in [1.807, 2.05) is 12.1 Å². The predicted molar refractivity (Wildman–Crippen MR) is 73.4 cm³/mol. The molecule has 0 aliphatic heterocycles. The Kier molecular flexibility index (Phi) is 4.37. The van der Waals surface area contributed by atoms with Gasteiger partial charge in [-0.1, -0.05) is 60.7 Å². The largest absolute Gasteiger partial charge is 0.406 e. The quantitative estimate of drug-likeness (QED) is 0.741. The minimum absolute atomic E-state index is 0.773. The summed E-state index contributed by atoms with van der Waals surface area (Å²) in [5.41, 5.74) is 0. The summed E-state index contributed by atoms with van der Waals surface area (Å²) in [6, 6.07) is 17.9. The van der Waals surface area contributed by atoms with Crippen LogP contribution in [0.1, 0.15) is 0 Å². The summed E-state index contributed by atoms with van der Waals surface area (Å²) in [5, 5.41) is 1.55. The van der Waals surface area contributed by atoms with Crippen molar-refractivity contribution in [3.05, 3.63) is 60.7 Å². The van der Waals surface area contributed by atoms with Crippen molar-refractivity contribution < 1.29 is 13.2 Å². The van der Waals surface area contributed by atoms with Crippen molar-refractivity contribution in [2.75, 3.05) is 0 Å². The SMILES string of the molecule is FC(F)(F)PP(c1ccccc1)c1ccccc1. The van der Waals surface area contributed by atoms with Crippen molar-refractivity contribution in [1.82, 2.24) is 0 Å². The fourth-order valence-corrected chi connectivity index (χ4v) is 5.74. The van der Waals surface area contributed by atoms with E-state index in [1.54, 1.807) is 48.5 Å². The number of halogens is 3. The van der Waals surface area contributed by atoms with Gasteiger partial charge in [0.1, 0.15) is 0 Å². The van der Waals surface area contributed by atoms with Crippen LogP contribution in [0.5, 0.6) is 0 Å². The first kappa shape index (κ1) is 13.5. The first-order valence-corrected chi connectivity index (χ1v) is 8.49. The van der Waals surface area contributed by atoms with Crippen LogP contribution in [0.4, 0.5) is 13.2 Å². The minimum Gasteiger partial charge on any atom is -0.167 e. The summed E-state index contributed by atoms with van der Waals surface area (Å²) < 4.78 is 38.1. The Morgan fingerprint density at radius 2 is 1.11 bits per heavy atom. The first-order chi connectivity index (χ1) is 8.56. The van der Waals surface area contributed by atoms with E-state index in [1.165, 1.54) is 0 Å². The molecule has 94 valence electrons. The molecule has 0 radical (unpaired) electrons. The molecule has 2 rings (SSSR count). The Hall–Kier alpha value is -0.910. The van der Waals surface area contributed by atoms with Crippen LogP contribution in [-0.4, -0.2) is 5.92 Å². The molecule has 0 bridgehead atoms. The summed E-state index contributed by atoms with van der Waals surface area (Å²) in [5.74, 6) is -4.11. The topological polar surface area (TPSA) is 0 Å². The van der Waals surface area contributed by atoms with Gasteiger partial charge in [-0.3, -0.25) is 0 Å². The van der Waals surface area contributed by atoms with Crippen molar-refractivity contribution in [3.8, 4) is 0 Å². The maximum Gasteiger partial charge on any atom is 0.406 e. The monoisotopic (exact) mass is 286 g/mol. The Morgan fingerprint density at radius 1 is 0.722 bits per heavy atom. The van der Waals surface area contributed by atoms with Crippen LogP contribution < -0.4 is 10.6 Å². The van der Waals surface area contributed by atoms with E-state index in [0.717, 1.165) is 10.6 Å². The molecule has 5 heteroatoms. The molecule has 2 aromatic carbocycles. The molecule has 0 spiro atoms. The summed E-state index contributed by atoms with van der Waals surface area (Å²) in [6.07, 6.45) is 0. The lowest BCUT2D eigenvalue weighted by Gasteiger charge is -2.19. The molecule has 0 N–H and O–H groups in total. The number of rotatable bonds is 3. The summed E-state index contributed by atoms with van der Waals surface area (Å²) in [4.78, 5) is 0. The Labute approximate surface area is 107 Å². The van der Waals surface area contributed by atoms with Gasteiger partial charge in [0.2, 0.25) is 0 Å². The third-order valence-electron chi connectivity index (χ3n) is 2.27. The molecule has 18 heavy (non-hydrogen) atoms. The summed E-state index contributed by atoms with van der Waals surface area (Å²) >= 11 is 0. The molecule has 1 unspecified atom stereocenters. The van der Waals surface area contributed by atoms with E-state index in [-0.39, 0.29) is 0 Å². The van der Waals surface area contributed by atoms with Crippen molar-refractivity contribution in [1.29, 1.82) is 0 Å². The van der Waals surface area contributed by atoms with E-state index >= 15 is 0 Å². The lowest BCUT2D eigenvalue weighted by atomic mass is 10.4. The minimum atomic E-state index is -4.11. The molecule has 0 fully saturated rings. The summed E-state index contributed by atoms with van der Waals surface area (Å²) in [7, 11) is -2.38. The second kappa shape index (κ2) is 5.82. The lowest BCUT2D eigenvalue weighted by Crippen LogP contribution is -2.11. The molecule has 0 heterocycles. The number of alkyl halides is 3. The molecule has 0 saturated carbocycles. The molecule has 0 aromatic heterocycles. The Morgan fingerprint density at radius 3 is 1.44 bits per heavy atom. The van der Waals surface area contributed by atoms with Gasteiger partial charge in [-0.05, 0) is 18.2 Å². The van der Waals surface area contributed by atoms with Gasteiger partial charge < -0.3 is 0 Å². The standard InChI is InChI=1S/C13H11F3P2/c14-13(15,16)17-18(11-7-3-1-4-8-11)12-9-5-2-6-10-12/h1-10,17H. The van der Waals surface area contributed by atoms with Crippen LogP contribution in [0.15, 0.2) is 60.7 Å². The highest BCUT2D eigenvalue weighted by atomic mass is 32.0. The van der Waals surface area contributed by atoms with E-state index in [4.69, 9.17) is 0 Å². The van der Waals surface area contributed by atoms with E-state index < -0.39 is 21.8 Å². The van der Waals surface area contributed by atoms with Gasteiger partial charge in [0.25, 0.3) is 0 Å². The predicted octanol–water partition coefficient (Wildman–Crippen LogP) is 4.23. The van der Waals surface area contributed by atoms with Gasteiger partial charge in [0, 0.05) is 8.27 Å². The molecule has 0 aliphatic rings. The van der Waals surface area contributed by atoms with Crippen LogP contribution in [0.25, 0.3) is 0 Å². The third kappa shape index (κ3) is 3.80. The third-order valence-corrected chi connectivity index (χ3v) is 7.35. The van der Waals surface area contributed by atoms with Crippen LogP contribution in [0.2, 0.25) is 0 Å². The van der Waals surface area contributed by atoms with E-state index in [2.05, 4.69) is 0 Å². The molecule has 0 saturated heterocycles. The number of benzene rings is 2. The molecule has 0 nitrogen and oxygen atoms in total. The van der Waals surface area contributed by atoms with Crippen LogP contribution in [0.3, 0.4) is 0 Å².